The second-order valence-corrected chi connectivity index (χ2v) is 11.2. The number of rotatable bonds is 8. The van der Waals surface area contributed by atoms with Gasteiger partial charge in [0, 0.05) is 33.0 Å². The molecule has 1 nitrogen and oxygen atoms in total. The molecule has 4 aromatic carbocycles. The summed E-state index contributed by atoms with van der Waals surface area (Å²) in [6.07, 6.45) is 1.98. The summed E-state index contributed by atoms with van der Waals surface area (Å²) in [6.45, 7) is 0. The molecule has 0 saturated carbocycles. The molecule has 0 aliphatic carbocycles. The van der Waals surface area contributed by atoms with E-state index in [-0.39, 0.29) is 20.4 Å². The summed E-state index contributed by atoms with van der Waals surface area (Å²) >= 11 is 0. The number of nitrogens with one attached hydrogen (secondary N) is 1. The Morgan fingerprint density at radius 2 is 0.633 bits per heavy atom. The molecule has 4 heteroatoms. The van der Waals surface area contributed by atoms with Gasteiger partial charge in [0.05, 0.1) is 0 Å². The van der Waals surface area contributed by atoms with Gasteiger partial charge in [-0.25, -0.2) is 0 Å². The van der Waals surface area contributed by atoms with Crippen molar-refractivity contribution in [2.45, 2.75) is 0 Å². The van der Waals surface area contributed by atoms with Crippen molar-refractivity contribution in [3.05, 3.63) is 121 Å². The van der Waals surface area contributed by atoms with Gasteiger partial charge in [0.15, 0.2) is 0 Å². The molecule has 0 aliphatic heterocycles. The first-order valence-corrected chi connectivity index (χ1v) is 12.9. The van der Waals surface area contributed by atoms with Gasteiger partial charge >= 0.3 is 0 Å². The van der Waals surface area contributed by atoms with Crippen LogP contribution in [0.2, 0.25) is 0 Å². The molecule has 1 N–H and O–H groups in total. The normalized spacial score (nSPS) is 10.7. The van der Waals surface area contributed by atoms with Gasteiger partial charge in [0.2, 0.25) is 0 Å². The molecule has 30 heavy (non-hydrogen) atoms. The molecule has 0 fully saturated rings. The maximum absolute atomic E-state index is 3.84. The van der Waals surface area contributed by atoms with Crippen LogP contribution < -0.4 is 26.5 Å². The van der Waals surface area contributed by atoms with E-state index in [1.165, 1.54) is 21.2 Å². The molecule has 0 atom stereocenters. The summed E-state index contributed by atoms with van der Waals surface area (Å²) in [5.41, 5.74) is 0. The third-order valence-corrected chi connectivity index (χ3v) is 9.58. The zero-order valence-corrected chi connectivity index (χ0v) is 20.0. The monoisotopic (exact) mass is 519 g/mol. The molecule has 0 bridgehead atoms. The number of hydrogen-bond acceptors (Lipinski definition) is 1. The van der Waals surface area contributed by atoms with Gasteiger partial charge in [0.1, 0.15) is 0 Å². The van der Waals surface area contributed by atoms with Crippen molar-refractivity contribution < 1.29 is 20.4 Å². The van der Waals surface area contributed by atoms with E-state index in [2.05, 4.69) is 127 Å². The van der Waals surface area contributed by atoms with Crippen molar-refractivity contribution in [1.82, 2.24) is 5.32 Å². The molecule has 0 amide bonds. The van der Waals surface area contributed by atoms with Gasteiger partial charge in [-0.05, 0) is 37.1 Å². The Hall–Kier alpha value is -1.64. The van der Waals surface area contributed by atoms with Crippen LogP contribution in [0.3, 0.4) is 0 Å². The van der Waals surface area contributed by atoms with Gasteiger partial charge in [-0.3, -0.25) is 0 Å². The van der Waals surface area contributed by atoms with E-state index in [4.69, 9.17) is 0 Å². The SMILES string of the molecule is [Pd].c1ccc(P(CNCP(c2ccccc2)c2ccccc2)c2ccccc2)cc1. The predicted octanol–water partition coefficient (Wildman–Crippen LogP) is 4.75. The molecule has 0 aliphatic rings. The molecule has 0 aromatic heterocycles. The van der Waals surface area contributed by atoms with Gasteiger partial charge in [0.25, 0.3) is 0 Å². The van der Waals surface area contributed by atoms with Crippen LogP contribution in [0.1, 0.15) is 0 Å². The average molecular weight is 520 g/mol. The second-order valence-electron chi connectivity index (χ2n) is 6.76. The van der Waals surface area contributed by atoms with Crippen LogP contribution in [0.4, 0.5) is 0 Å². The zero-order chi connectivity index (χ0) is 19.7. The summed E-state index contributed by atoms with van der Waals surface area (Å²) in [5.74, 6) is 0. The van der Waals surface area contributed by atoms with Crippen molar-refractivity contribution in [3.63, 3.8) is 0 Å². The summed E-state index contributed by atoms with van der Waals surface area (Å²) in [4.78, 5) is 0. The van der Waals surface area contributed by atoms with E-state index in [1.54, 1.807) is 0 Å². The molecule has 0 radical (unpaired) electrons. The van der Waals surface area contributed by atoms with Crippen molar-refractivity contribution >= 4 is 37.1 Å². The average Bonchev–Trinajstić information content (AvgIpc) is 2.81. The maximum Gasteiger partial charge on any atom is 0.0241 e. The van der Waals surface area contributed by atoms with Gasteiger partial charge in [-0.15, -0.1) is 0 Å². The smallest absolute Gasteiger partial charge is 0.0241 e. The Labute approximate surface area is 196 Å². The summed E-state index contributed by atoms with van der Waals surface area (Å²) in [6, 6.07) is 43.7. The molecule has 4 rings (SSSR count). The maximum atomic E-state index is 3.84. The van der Waals surface area contributed by atoms with Crippen LogP contribution in [0.15, 0.2) is 121 Å². The third-order valence-electron chi connectivity index (χ3n) is 4.81. The fourth-order valence-corrected chi connectivity index (χ4v) is 7.67. The number of hydrogen-bond donors (Lipinski definition) is 1. The third kappa shape index (κ3) is 6.18. The molecule has 0 heterocycles. The van der Waals surface area contributed by atoms with Crippen LogP contribution in [-0.4, -0.2) is 12.6 Å². The number of benzene rings is 4. The molecular weight excluding hydrogens is 495 g/mol. The molecular formula is C26H25NP2Pd. The van der Waals surface area contributed by atoms with Crippen molar-refractivity contribution in [2.24, 2.45) is 0 Å². The fraction of sp³-hybridized carbons (Fsp3) is 0.0769. The molecule has 154 valence electrons. The zero-order valence-electron chi connectivity index (χ0n) is 16.7. The second kappa shape index (κ2) is 12.3. The van der Waals surface area contributed by atoms with E-state index in [0.29, 0.717) is 0 Å². The van der Waals surface area contributed by atoms with Crippen LogP contribution >= 0.6 is 15.8 Å². The molecule has 0 spiro atoms. The Balaban J connectivity index is 0.00000256. The van der Waals surface area contributed by atoms with Gasteiger partial charge in [-0.1, -0.05) is 121 Å². The standard InChI is InChI=1S/C26H25NP2.Pd/c1-5-13-23(14-6-1)28(24-15-7-2-8-16-24)21-27-22-29(25-17-9-3-10-18-25)26-19-11-4-12-20-26;/h1-20,27H,21-22H2;. The first-order valence-electron chi connectivity index (χ1n) is 9.88. The summed E-state index contributed by atoms with van der Waals surface area (Å²) in [5, 5.41) is 9.52. The predicted molar refractivity (Wildman–Crippen MR) is 131 cm³/mol. The van der Waals surface area contributed by atoms with Crippen molar-refractivity contribution in [2.75, 3.05) is 12.6 Å². The van der Waals surface area contributed by atoms with Gasteiger partial charge < -0.3 is 5.32 Å². The fourth-order valence-electron chi connectivity index (χ4n) is 3.37. The molecule has 4 aromatic rings. The van der Waals surface area contributed by atoms with Crippen LogP contribution in [0.5, 0.6) is 0 Å². The van der Waals surface area contributed by atoms with E-state index in [9.17, 15) is 0 Å². The summed E-state index contributed by atoms with van der Waals surface area (Å²) in [7, 11) is -0.840. The van der Waals surface area contributed by atoms with Crippen LogP contribution in [0.25, 0.3) is 0 Å². The van der Waals surface area contributed by atoms with Crippen molar-refractivity contribution in [3.8, 4) is 0 Å². The summed E-state index contributed by atoms with van der Waals surface area (Å²) < 4.78 is 0. The van der Waals surface area contributed by atoms with E-state index in [0.717, 1.165) is 12.6 Å². The van der Waals surface area contributed by atoms with Crippen molar-refractivity contribution in [1.29, 1.82) is 0 Å². The minimum absolute atomic E-state index is 0. The largest absolute Gasteiger partial charge is 0.308 e. The molecule has 0 saturated heterocycles. The quantitative estimate of drug-likeness (QED) is 0.262. The van der Waals surface area contributed by atoms with E-state index < -0.39 is 15.8 Å². The Bertz CT molecular complexity index is 820. The first-order chi connectivity index (χ1) is 14.4. The minimum atomic E-state index is -0.420. The Morgan fingerprint density at radius 1 is 0.400 bits per heavy atom. The Morgan fingerprint density at radius 3 is 0.867 bits per heavy atom. The molecule has 0 unspecified atom stereocenters. The van der Waals surface area contributed by atoms with Gasteiger partial charge in [-0.2, -0.15) is 0 Å². The van der Waals surface area contributed by atoms with E-state index >= 15 is 0 Å². The minimum Gasteiger partial charge on any atom is -0.308 e. The van der Waals surface area contributed by atoms with Crippen LogP contribution in [-0.2, 0) is 20.4 Å². The first kappa shape index (κ1) is 23.0. The van der Waals surface area contributed by atoms with E-state index in [1.807, 2.05) is 0 Å². The van der Waals surface area contributed by atoms with Crippen LogP contribution in [0, 0.1) is 0 Å². The topological polar surface area (TPSA) is 12.0 Å². The Kier molecular flexibility index (Phi) is 9.42.